The van der Waals surface area contributed by atoms with Crippen LogP contribution in [0.1, 0.15) is 69.4 Å². The number of aryl methyl sites for hydroxylation is 1. The van der Waals surface area contributed by atoms with Gasteiger partial charge in [0.1, 0.15) is 11.5 Å². The van der Waals surface area contributed by atoms with E-state index in [4.69, 9.17) is 10.1 Å². The number of alkyl halides is 3. The molecule has 2 aliphatic heterocycles. The van der Waals surface area contributed by atoms with Gasteiger partial charge in [-0.3, -0.25) is 9.59 Å². The first-order chi connectivity index (χ1) is 31.0. The zero-order chi connectivity index (χ0) is 44.0. The van der Waals surface area contributed by atoms with E-state index in [-0.39, 0.29) is 35.1 Å². The fourth-order valence-electron chi connectivity index (χ4n) is 9.90. The lowest BCUT2D eigenvalue weighted by Gasteiger charge is -2.55. The monoisotopic (exact) mass is 882 g/mol. The highest BCUT2D eigenvalue weighted by molar-refractivity contribution is 7.99. The first kappa shape index (κ1) is 41.5. The van der Waals surface area contributed by atoms with Crippen molar-refractivity contribution in [1.29, 1.82) is 0 Å². The third-order valence-corrected chi connectivity index (χ3v) is 14.0. The highest BCUT2D eigenvalue weighted by Gasteiger charge is 2.45. The molecule has 7 aromatic rings. The summed E-state index contributed by atoms with van der Waals surface area (Å²) in [4.78, 5) is 35.9. The minimum atomic E-state index is -4.95. The highest BCUT2D eigenvalue weighted by atomic mass is 32.2. The molecule has 0 bridgehead atoms. The molecule has 1 spiro atoms. The number of ether oxygens (including phenoxy) is 1. The summed E-state index contributed by atoms with van der Waals surface area (Å²) in [6.07, 6.45) is -1.12. The molecular formula is C50H45F3N6O4S. The first-order valence-electron chi connectivity index (χ1n) is 21.5. The molecular weight excluding hydrogens is 838 g/mol. The zero-order valence-corrected chi connectivity index (χ0v) is 35.6. The predicted molar refractivity (Wildman–Crippen MR) is 240 cm³/mol. The minimum Gasteiger partial charge on any atom is -0.508 e. The third kappa shape index (κ3) is 8.34. The van der Waals surface area contributed by atoms with Gasteiger partial charge < -0.3 is 25.0 Å². The van der Waals surface area contributed by atoms with Crippen LogP contribution in [0.4, 0.5) is 18.9 Å². The number of hydrogen-bond acceptors (Lipinski definition) is 8. The summed E-state index contributed by atoms with van der Waals surface area (Å²) in [5, 5.41) is 18.9. The Balaban J connectivity index is 0.764. The number of hydrogen-bond donors (Lipinski definition) is 2. The van der Waals surface area contributed by atoms with Gasteiger partial charge in [0.15, 0.2) is 5.16 Å². The lowest BCUT2D eigenvalue weighted by Crippen LogP contribution is -2.61. The predicted octanol–water partition coefficient (Wildman–Crippen LogP) is 9.50. The number of aromatic nitrogens is 3. The smallest absolute Gasteiger partial charge is 0.508 e. The van der Waals surface area contributed by atoms with Crippen LogP contribution < -0.4 is 15.0 Å². The second-order valence-electron chi connectivity index (χ2n) is 17.1. The average molecular weight is 883 g/mol. The SMILES string of the molecule is O=C(NCc1cc2c3ccccc3nc(SCC(=O)N3CCC4(CC3)CN(c3ccc([C@@H]5c6ccc(O)cc6CC[C@@H]5c5ccccc5)cc3)C4)n2n1)c1ccccc1OC(F)(F)F. The number of thioether (sulfide) groups is 1. The number of benzene rings is 5. The minimum absolute atomic E-state index is 0.0300. The summed E-state index contributed by atoms with van der Waals surface area (Å²) >= 11 is 1.30. The molecule has 4 heterocycles. The molecule has 2 saturated heterocycles. The maximum atomic E-state index is 13.7. The Kier molecular flexibility index (Phi) is 10.9. The Morgan fingerprint density at radius 2 is 1.59 bits per heavy atom. The number of aromatic hydroxyl groups is 1. The Morgan fingerprint density at radius 3 is 2.38 bits per heavy atom. The van der Waals surface area contributed by atoms with E-state index in [2.05, 4.69) is 75.6 Å². The quantitative estimate of drug-likeness (QED) is 0.103. The van der Waals surface area contributed by atoms with Crippen molar-refractivity contribution in [3.8, 4) is 11.5 Å². The Bertz CT molecular complexity index is 2860. The first-order valence-corrected chi connectivity index (χ1v) is 22.5. The highest BCUT2D eigenvalue weighted by Crippen LogP contribution is 2.48. The fourth-order valence-corrected chi connectivity index (χ4v) is 10.8. The molecule has 2 fully saturated rings. The third-order valence-electron chi connectivity index (χ3n) is 13.1. The van der Waals surface area contributed by atoms with Crippen molar-refractivity contribution >= 4 is 45.7 Å². The van der Waals surface area contributed by atoms with E-state index in [9.17, 15) is 27.9 Å². The largest absolute Gasteiger partial charge is 0.573 e. The van der Waals surface area contributed by atoms with E-state index in [1.54, 1.807) is 10.6 Å². The molecule has 2 aromatic heterocycles. The van der Waals surface area contributed by atoms with Crippen LogP contribution in [0, 0.1) is 5.41 Å². The molecule has 10 nitrogen and oxygen atoms in total. The molecule has 2 amide bonds. The van der Waals surface area contributed by atoms with Gasteiger partial charge in [-0.2, -0.15) is 5.10 Å². The van der Waals surface area contributed by atoms with Gasteiger partial charge in [0, 0.05) is 48.6 Å². The Labute approximate surface area is 372 Å². The van der Waals surface area contributed by atoms with Crippen LogP contribution in [0.15, 0.2) is 133 Å². The fraction of sp³-hybridized carbons (Fsp3) is 0.280. The number of phenols is 1. The topological polar surface area (TPSA) is 112 Å². The lowest BCUT2D eigenvalue weighted by molar-refractivity contribution is -0.274. The van der Waals surface area contributed by atoms with E-state index in [0.29, 0.717) is 35.6 Å². The zero-order valence-electron chi connectivity index (χ0n) is 34.8. The number of rotatable bonds is 10. The van der Waals surface area contributed by atoms with Gasteiger partial charge in [-0.1, -0.05) is 90.6 Å². The van der Waals surface area contributed by atoms with E-state index in [1.165, 1.54) is 57.9 Å². The van der Waals surface area contributed by atoms with Crippen molar-refractivity contribution in [2.45, 2.75) is 55.6 Å². The maximum Gasteiger partial charge on any atom is 0.573 e. The van der Waals surface area contributed by atoms with Crippen LogP contribution in [-0.4, -0.2) is 74.7 Å². The number of amides is 2. The molecule has 1 aliphatic carbocycles. The Morgan fingerprint density at radius 1 is 0.859 bits per heavy atom. The van der Waals surface area contributed by atoms with Gasteiger partial charge in [0.05, 0.1) is 34.6 Å². The number of nitrogens with zero attached hydrogens (tertiary/aromatic N) is 5. The van der Waals surface area contributed by atoms with Crippen LogP contribution in [-0.2, 0) is 17.8 Å². The molecule has 2 N–H and O–H groups in total. The Hall–Kier alpha value is -6.54. The van der Waals surface area contributed by atoms with Crippen LogP contribution >= 0.6 is 11.8 Å². The number of para-hydroxylation sites is 2. The number of likely N-dealkylation sites (tertiary alicyclic amines) is 1. The van der Waals surface area contributed by atoms with Crippen LogP contribution in [0.25, 0.3) is 16.4 Å². The normalized spacial score (nSPS) is 18.2. The molecule has 2 atom stereocenters. The molecule has 10 rings (SSSR count). The second-order valence-corrected chi connectivity index (χ2v) is 18.0. The van der Waals surface area contributed by atoms with E-state index >= 15 is 0 Å². The molecule has 64 heavy (non-hydrogen) atoms. The number of nitrogens with one attached hydrogen (secondary N) is 1. The van der Waals surface area contributed by atoms with Crippen molar-refractivity contribution in [3.63, 3.8) is 0 Å². The number of fused-ring (bicyclic) bond motifs is 4. The molecule has 14 heteroatoms. The van der Waals surface area contributed by atoms with Gasteiger partial charge in [-0.25, -0.2) is 9.50 Å². The summed E-state index contributed by atoms with van der Waals surface area (Å²) < 4.78 is 44.7. The summed E-state index contributed by atoms with van der Waals surface area (Å²) in [6, 6.07) is 40.2. The van der Waals surface area contributed by atoms with Gasteiger partial charge in [-0.05, 0) is 102 Å². The second kappa shape index (κ2) is 16.9. The molecule has 0 radical (unpaired) electrons. The van der Waals surface area contributed by atoms with E-state index in [0.717, 1.165) is 61.3 Å². The summed E-state index contributed by atoms with van der Waals surface area (Å²) in [6.45, 7) is 3.22. The van der Waals surface area contributed by atoms with Crippen molar-refractivity contribution in [2.75, 3.05) is 36.8 Å². The van der Waals surface area contributed by atoms with Crippen LogP contribution in [0.5, 0.6) is 11.5 Å². The number of piperidine rings is 1. The summed E-state index contributed by atoms with van der Waals surface area (Å²) in [7, 11) is 0. The molecule has 5 aromatic carbocycles. The summed E-state index contributed by atoms with van der Waals surface area (Å²) in [5.41, 5.74) is 8.18. The number of carbonyl (C=O) groups is 2. The lowest BCUT2D eigenvalue weighted by atomic mass is 9.69. The van der Waals surface area contributed by atoms with Crippen molar-refractivity contribution in [2.24, 2.45) is 5.41 Å². The number of phenolic OH excluding ortho intramolecular Hbond substituents is 1. The average Bonchev–Trinajstić information content (AvgIpc) is 3.74. The standard InChI is InChI=1S/C50H45F3N6O4S/c51-50(52,53)63-44-13-7-5-11-41(44)47(62)54-28-35-27-43-40-10-4-6-12-42(40)55-48(59(43)56-35)64-29-45(61)57-24-22-49(23-25-57)30-58(31-49)36-17-14-33(15-18-36)46-38(32-8-2-1-3-9-32)20-16-34-26-37(60)19-21-39(34)46/h1-15,17-19,21,26-27,38,46,60H,16,20,22-25,28-31H2,(H,54,62)/t38-,46+/m1/s1. The molecule has 3 aliphatic rings. The van der Waals surface area contributed by atoms with Crippen LogP contribution in [0.3, 0.4) is 0 Å². The van der Waals surface area contributed by atoms with Crippen molar-refractivity contribution in [3.05, 3.63) is 161 Å². The number of anilines is 1. The number of carbonyl (C=O) groups excluding carboxylic acids is 2. The van der Waals surface area contributed by atoms with Gasteiger partial charge in [0.2, 0.25) is 5.91 Å². The van der Waals surface area contributed by atoms with Gasteiger partial charge in [-0.15, -0.1) is 13.2 Å². The van der Waals surface area contributed by atoms with Gasteiger partial charge >= 0.3 is 6.36 Å². The van der Waals surface area contributed by atoms with E-state index < -0.39 is 18.0 Å². The van der Waals surface area contributed by atoms with Crippen molar-refractivity contribution < 1.29 is 32.6 Å². The molecule has 0 saturated carbocycles. The van der Waals surface area contributed by atoms with Gasteiger partial charge in [0.25, 0.3) is 5.91 Å². The maximum absolute atomic E-state index is 13.7. The molecule has 0 unspecified atom stereocenters. The van der Waals surface area contributed by atoms with E-state index in [1.807, 2.05) is 41.3 Å². The summed E-state index contributed by atoms with van der Waals surface area (Å²) in [5.74, 6) is -0.264. The van der Waals surface area contributed by atoms with Crippen molar-refractivity contribution in [1.82, 2.24) is 24.8 Å². The molecule has 326 valence electrons. The number of halogens is 3. The van der Waals surface area contributed by atoms with Crippen LogP contribution in [0.2, 0.25) is 0 Å².